The van der Waals surface area contributed by atoms with Crippen molar-refractivity contribution in [2.24, 2.45) is 22.7 Å². The van der Waals surface area contributed by atoms with Crippen LogP contribution in [0, 0.1) is 11.8 Å². The molecule has 2 N–H and O–H groups in total. The van der Waals surface area contributed by atoms with E-state index in [1.54, 1.807) is 6.07 Å². The number of hydrogen-bond acceptors (Lipinski definition) is 3. The highest BCUT2D eigenvalue weighted by molar-refractivity contribution is 6.36. The number of nitrogens with two attached hydrogens (primary N) is 1. The highest BCUT2D eigenvalue weighted by atomic mass is 35.5. The third kappa shape index (κ3) is 3.29. The van der Waals surface area contributed by atoms with Crippen LogP contribution in [0.4, 0.5) is 5.69 Å². The van der Waals surface area contributed by atoms with E-state index in [1.165, 1.54) is 0 Å². The van der Waals surface area contributed by atoms with Gasteiger partial charge in [-0.1, -0.05) is 53.9 Å². The van der Waals surface area contributed by atoms with Crippen LogP contribution < -0.4 is 10.7 Å². The van der Waals surface area contributed by atoms with E-state index < -0.39 is 0 Å². The molecular weight excluding hydrogens is 353 g/mol. The molecule has 0 fully saturated rings. The first-order valence-corrected chi connectivity index (χ1v) is 8.70. The zero-order valence-electron chi connectivity index (χ0n) is 12.7. The molecule has 0 bridgehead atoms. The van der Waals surface area contributed by atoms with Gasteiger partial charge < -0.3 is 5.73 Å². The van der Waals surface area contributed by atoms with E-state index >= 15 is 0 Å². The van der Waals surface area contributed by atoms with Gasteiger partial charge >= 0.3 is 0 Å². The summed E-state index contributed by atoms with van der Waals surface area (Å²) in [6.07, 6.45) is 7.01. The summed E-state index contributed by atoms with van der Waals surface area (Å²) in [6, 6.07) is 5.63. The van der Waals surface area contributed by atoms with Gasteiger partial charge in [0.15, 0.2) is 0 Å². The lowest BCUT2D eigenvalue weighted by Crippen LogP contribution is -2.39. The van der Waals surface area contributed by atoms with E-state index in [0.717, 1.165) is 22.9 Å². The van der Waals surface area contributed by atoms with Crippen molar-refractivity contribution in [1.82, 2.24) is 0 Å². The molecule has 2 aliphatic rings. The molecule has 0 spiro atoms. The van der Waals surface area contributed by atoms with Gasteiger partial charge in [0.25, 0.3) is 0 Å². The number of anilines is 1. The molecule has 1 aromatic rings. The predicted octanol–water partition coefficient (Wildman–Crippen LogP) is 4.83. The predicted molar refractivity (Wildman–Crippen MR) is 99.6 cm³/mol. The zero-order chi connectivity index (χ0) is 16.6. The van der Waals surface area contributed by atoms with Crippen molar-refractivity contribution in [3.8, 4) is 0 Å². The van der Waals surface area contributed by atoms with Crippen molar-refractivity contribution >= 4 is 46.2 Å². The second-order valence-electron chi connectivity index (χ2n) is 5.86. The molecule has 23 heavy (non-hydrogen) atoms. The summed E-state index contributed by atoms with van der Waals surface area (Å²) in [5.41, 5.74) is 7.71. The second kappa shape index (κ2) is 6.86. The first kappa shape index (κ1) is 16.8. The number of hydrogen-bond donors (Lipinski definition) is 1. The molecule has 3 nitrogen and oxygen atoms in total. The quantitative estimate of drug-likeness (QED) is 0.828. The third-order valence-corrected chi connectivity index (χ3v) is 5.27. The van der Waals surface area contributed by atoms with E-state index in [-0.39, 0.29) is 12.0 Å². The van der Waals surface area contributed by atoms with E-state index in [4.69, 9.17) is 45.6 Å². The first-order chi connectivity index (χ1) is 11.0. The Morgan fingerprint density at radius 3 is 2.70 bits per heavy atom. The van der Waals surface area contributed by atoms with Crippen molar-refractivity contribution in [2.75, 3.05) is 11.6 Å². The fourth-order valence-electron chi connectivity index (χ4n) is 3.23. The number of nitrogens with zero attached hydrogens (tertiary/aromatic N) is 2. The van der Waals surface area contributed by atoms with Crippen LogP contribution >= 0.6 is 34.8 Å². The van der Waals surface area contributed by atoms with E-state index in [9.17, 15) is 0 Å². The Bertz CT molecular complexity index is 696. The molecule has 1 heterocycles. The number of halogens is 3. The lowest BCUT2D eigenvalue weighted by molar-refractivity contribution is 0.434. The summed E-state index contributed by atoms with van der Waals surface area (Å²) in [7, 11) is 0. The zero-order valence-corrected chi connectivity index (χ0v) is 15.0. The Morgan fingerprint density at radius 2 is 2.09 bits per heavy atom. The summed E-state index contributed by atoms with van der Waals surface area (Å²) in [5.74, 6) is 0.540. The molecule has 3 rings (SSSR count). The van der Waals surface area contributed by atoms with E-state index in [1.807, 2.05) is 29.3 Å². The minimum Gasteiger partial charge on any atom is -0.325 e. The Labute approximate surface area is 151 Å². The first-order valence-electron chi connectivity index (χ1n) is 7.57. The summed E-state index contributed by atoms with van der Waals surface area (Å²) >= 11 is 18.5. The van der Waals surface area contributed by atoms with Gasteiger partial charge in [-0.15, -0.1) is 0 Å². The monoisotopic (exact) mass is 369 g/mol. The number of allylic oxidation sites excluding steroid dienone is 3. The molecule has 0 amide bonds. The highest BCUT2D eigenvalue weighted by Gasteiger charge is 2.39. The van der Waals surface area contributed by atoms with Gasteiger partial charge in [0.2, 0.25) is 0 Å². The van der Waals surface area contributed by atoms with Gasteiger partial charge in [-0.25, -0.2) is 0 Å². The highest BCUT2D eigenvalue weighted by Crippen LogP contribution is 2.39. The van der Waals surface area contributed by atoms with Crippen molar-refractivity contribution in [3.05, 3.63) is 51.5 Å². The molecule has 1 aliphatic carbocycles. The Balaban J connectivity index is 1.98. The standard InChI is InChI=1S/C17H18Cl3N3/c1-10-15(9-21)22-23(16-7-6-13(19)8-14(16)20)17(10)11-2-4-12(18)5-3-11/h2,4-8,10-11,17H,3,9,21H2,1H3/t10-,11?,17+/m1/s1. The molecule has 0 saturated carbocycles. The van der Waals surface area contributed by atoms with Crippen LogP contribution in [0.5, 0.6) is 0 Å². The maximum atomic E-state index is 6.40. The molecule has 1 unspecified atom stereocenters. The molecule has 0 radical (unpaired) electrons. The average molecular weight is 371 g/mol. The molecule has 0 aromatic heterocycles. The second-order valence-corrected chi connectivity index (χ2v) is 7.14. The molecule has 3 atom stereocenters. The molecule has 6 heteroatoms. The lowest BCUT2D eigenvalue weighted by atomic mass is 9.83. The largest absolute Gasteiger partial charge is 0.325 e. The van der Waals surface area contributed by atoms with E-state index in [0.29, 0.717) is 22.5 Å². The minimum absolute atomic E-state index is 0.157. The van der Waals surface area contributed by atoms with Crippen LogP contribution in [-0.4, -0.2) is 18.3 Å². The molecular formula is C17H18Cl3N3. The molecule has 1 aliphatic heterocycles. The minimum atomic E-state index is 0.157. The van der Waals surface area contributed by atoms with Crippen LogP contribution in [0.1, 0.15) is 13.3 Å². The summed E-state index contributed by atoms with van der Waals surface area (Å²) in [5, 5.41) is 8.71. The molecule has 1 aromatic carbocycles. The average Bonchev–Trinajstić information content (AvgIpc) is 2.85. The summed E-state index contributed by atoms with van der Waals surface area (Å²) in [4.78, 5) is 0. The number of rotatable bonds is 3. The van der Waals surface area contributed by atoms with Gasteiger partial charge in [-0.05, 0) is 30.7 Å². The summed E-state index contributed by atoms with van der Waals surface area (Å²) < 4.78 is 0. The van der Waals surface area contributed by atoms with Crippen LogP contribution in [-0.2, 0) is 0 Å². The maximum Gasteiger partial charge on any atom is 0.0785 e. The van der Waals surface area contributed by atoms with Crippen LogP contribution in [0.25, 0.3) is 0 Å². The van der Waals surface area contributed by atoms with Crippen molar-refractivity contribution in [2.45, 2.75) is 19.4 Å². The Kier molecular flexibility index (Phi) is 5.02. The summed E-state index contributed by atoms with van der Waals surface area (Å²) in [6.45, 7) is 2.60. The fraction of sp³-hybridized carbons (Fsp3) is 0.353. The Hall–Kier alpha value is -1.00. The van der Waals surface area contributed by atoms with E-state index in [2.05, 4.69) is 13.0 Å². The topological polar surface area (TPSA) is 41.6 Å². The fourth-order valence-corrected chi connectivity index (χ4v) is 3.89. The van der Waals surface area contributed by atoms with Crippen molar-refractivity contribution in [1.29, 1.82) is 0 Å². The molecule has 122 valence electrons. The van der Waals surface area contributed by atoms with Crippen molar-refractivity contribution < 1.29 is 0 Å². The Morgan fingerprint density at radius 1 is 1.30 bits per heavy atom. The lowest BCUT2D eigenvalue weighted by Gasteiger charge is -2.33. The van der Waals surface area contributed by atoms with Gasteiger partial charge in [0.1, 0.15) is 0 Å². The van der Waals surface area contributed by atoms with Gasteiger partial charge in [-0.3, -0.25) is 5.01 Å². The van der Waals surface area contributed by atoms with Gasteiger partial charge in [0, 0.05) is 28.4 Å². The SMILES string of the molecule is C[C@@H]1C(CN)=NN(c2ccc(Cl)cc2Cl)[C@@H]1C1C=CC(Cl)=CC1. The van der Waals surface area contributed by atoms with Gasteiger partial charge in [-0.2, -0.15) is 5.10 Å². The third-order valence-electron chi connectivity index (χ3n) is 4.45. The molecule has 0 saturated heterocycles. The normalized spacial score (nSPS) is 27.2. The number of benzene rings is 1. The van der Waals surface area contributed by atoms with Crippen molar-refractivity contribution in [3.63, 3.8) is 0 Å². The van der Waals surface area contributed by atoms with Crippen LogP contribution in [0.2, 0.25) is 10.0 Å². The number of hydrazone groups is 1. The maximum absolute atomic E-state index is 6.40. The smallest absolute Gasteiger partial charge is 0.0785 e. The van der Waals surface area contributed by atoms with Crippen LogP contribution in [0.3, 0.4) is 0 Å². The van der Waals surface area contributed by atoms with Crippen LogP contribution in [0.15, 0.2) is 46.6 Å². The van der Waals surface area contributed by atoms with Gasteiger partial charge in [0.05, 0.1) is 22.5 Å².